The molecule has 0 bridgehead atoms. The van der Waals surface area contributed by atoms with Crippen molar-refractivity contribution in [2.75, 3.05) is 9.80 Å². The largest absolute Gasteiger partial charge is 0.310 e. The van der Waals surface area contributed by atoms with Crippen molar-refractivity contribution in [3.63, 3.8) is 0 Å². The second-order valence-electron chi connectivity index (χ2n) is 17.3. The molecule has 0 fully saturated rings. The second kappa shape index (κ2) is 14.7. The van der Waals surface area contributed by atoms with Gasteiger partial charge in [0.1, 0.15) is 0 Å². The molecule has 13 rings (SSSR count). The van der Waals surface area contributed by atoms with Gasteiger partial charge < -0.3 is 9.80 Å². The van der Waals surface area contributed by atoms with E-state index in [-0.39, 0.29) is 0 Å². The zero-order valence-electron chi connectivity index (χ0n) is 35.2. The third-order valence-electron chi connectivity index (χ3n) is 13.6. The van der Waals surface area contributed by atoms with Crippen LogP contribution in [0.25, 0.3) is 65.7 Å². The van der Waals surface area contributed by atoms with E-state index in [1.54, 1.807) is 0 Å². The molecule has 0 amide bonds. The zero-order valence-corrected chi connectivity index (χ0v) is 35.2. The van der Waals surface area contributed by atoms with E-state index >= 15 is 0 Å². The standard InChI is InChI=1S/C62H42N2/c1-2-15-43(16-3-1)61-53-34-32-52(64-59-24-12-8-20-49(59)38-50-21-9-13-25-60(50)64)40-56(53)62(44-29-26-42(27-30-44)46-31-28-41-14-4-5-17-45(41)36-46)54-35-33-51(39-55(54)61)63-57-22-10-6-18-47(57)37-48-19-7-11-23-58(48)63/h1-36,39-40H,37-38H2. The van der Waals surface area contributed by atoms with Crippen LogP contribution in [0.3, 0.4) is 0 Å². The lowest BCUT2D eigenvalue weighted by molar-refractivity contribution is 1.09. The fraction of sp³-hybridized carbons (Fsp3) is 0.0323. The Kier molecular flexibility index (Phi) is 8.39. The normalized spacial score (nSPS) is 12.8. The molecule has 0 spiro atoms. The molecule has 2 heterocycles. The van der Waals surface area contributed by atoms with E-state index < -0.39 is 0 Å². The van der Waals surface area contributed by atoms with Gasteiger partial charge in [0.05, 0.1) is 0 Å². The number of hydrogen-bond donors (Lipinski definition) is 0. The number of rotatable bonds is 5. The molecule has 11 aromatic carbocycles. The molecule has 300 valence electrons. The van der Waals surface area contributed by atoms with Crippen LogP contribution in [-0.2, 0) is 12.8 Å². The quantitative estimate of drug-likeness (QED) is 0.160. The number of para-hydroxylation sites is 4. The topological polar surface area (TPSA) is 6.48 Å². The highest BCUT2D eigenvalue weighted by Crippen LogP contribution is 2.51. The van der Waals surface area contributed by atoms with Crippen molar-refractivity contribution in [2.24, 2.45) is 0 Å². The van der Waals surface area contributed by atoms with E-state index in [4.69, 9.17) is 0 Å². The Morgan fingerprint density at radius 1 is 0.250 bits per heavy atom. The van der Waals surface area contributed by atoms with Gasteiger partial charge >= 0.3 is 0 Å². The molecule has 2 aliphatic rings. The summed E-state index contributed by atoms with van der Waals surface area (Å²) in [6.45, 7) is 0. The average molecular weight is 815 g/mol. The van der Waals surface area contributed by atoms with Crippen molar-refractivity contribution >= 4 is 66.4 Å². The first-order valence-electron chi connectivity index (χ1n) is 22.3. The molecule has 0 atom stereocenters. The van der Waals surface area contributed by atoms with E-state index in [9.17, 15) is 0 Å². The molecule has 0 unspecified atom stereocenters. The first-order chi connectivity index (χ1) is 31.7. The Morgan fingerprint density at radius 2 is 0.641 bits per heavy atom. The molecular weight excluding hydrogens is 773 g/mol. The van der Waals surface area contributed by atoms with E-state index in [0.29, 0.717) is 0 Å². The van der Waals surface area contributed by atoms with E-state index in [1.807, 2.05) is 0 Å². The van der Waals surface area contributed by atoms with E-state index in [0.717, 1.165) is 24.2 Å². The van der Waals surface area contributed by atoms with Crippen LogP contribution in [0.2, 0.25) is 0 Å². The van der Waals surface area contributed by atoms with Gasteiger partial charge in [0.15, 0.2) is 0 Å². The van der Waals surface area contributed by atoms with Crippen LogP contribution >= 0.6 is 0 Å². The lowest BCUT2D eigenvalue weighted by Crippen LogP contribution is -2.18. The molecule has 2 nitrogen and oxygen atoms in total. The molecule has 11 aromatic rings. The average Bonchev–Trinajstić information content (AvgIpc) is 3.36. The Morgan fingerprint density at radius 3 is 1.14 bits per heavy atom. The fourth-order valence-corrected chi connectivity index (χ4v) is 10.6. The molecular formula is C62H42N2. The summed E-state index contributed by atoms with van der Waals surface area (Å²) in [5.74, 6) is 0. The Balaban J connectivity index is 1.09. The number of benzene rings is 11. The van der Waals surface area contributed by atoms with Crippen molar-refractivity contribution in [1.82, 2.24) is 0 Å². The summed E-state index contributed by atoms with van der Waals surface area (Å²) >= 11 is 0. The van der Waals surface area contributed by atoms with Gasteiger partial charge in [0.25, 0.3) is 0 Å². The predicted molar refractivity (Wildman–Crippen MR) is 270 cm³/mol. The van der Waals surface area contributed by atoms with Crippen molar-refractivity contribution in [3.8, 4) is 33.4 Å². The van der Waals surface area contributed by atoms with Crippen molar-refractivity contribution in [2.45, 2.75) is 12.8 Å². The predicted octanol–water partition coefficient (Wildman–Crippen LogP) is 16.9. The van der Waals surface area contributed by atoms with Crippen molar-refractivity contribution in [3.05, 3.63) is 253 Å². The van der Waals surface area contributed by atoms with Crippen LogP contribution in [0.15, 0.2) is 231 Å². The second-order valence-corrected chi connectivity index (χ2v) is 17.3. The summed E-state index contributed by atoms with van der Waals surface area (Å²) in [7, 11) is 0. The SMILES string of the molecule is c1ccc(-c2c3ccc(N4c5ccccc5Cc5ccccc54)cc3c(-c3ccc(-c4ccc5ccccc5c4)cc3)c3ccc(N4c5ccccc5Cc5ccccc54)cc23)cc1. The molecule has 64 heavy (non-hydrogen) atoms. The Labute approximate surface area is 373 Å². The molecule has 0 aromatic heterocycles. The third kappa shape index (κ3) is 5.87. The minimum atomic E-state index is 0.919. The van der Waals surface area contributed by atoms with Gasteiger partial charge in [-0.3, -0.25) is 0 Å². The number of hydrogen-bond acceptors (Lipinski definition) is 2. The van der Waals surface area contributed by atoms with Gasteiger partial charge in [-0.1, -0.05) is 176 Å². The maximum atomic E-state index is 2.47. The molecule has 0 N–H and O–H groups in total. The van der Waals surface area contributed by atoms with Crippen LogP contribution < -0.4 is 9.80 Å². The van der Waals surface area contributed by atoms with Crippen molar-refractivity contribution < 1.29 is 0 Å². The summed E-state index contributed by atoms with van der Waals surface area (Å²) in [6.07, 6.45) is 1.84. The zero-order chi connectivity index (χ0) is 42.1. The summed E-state index contributed by atoms with van der Waals surface area (Å²) in [6, 6.07) is 85.6. The van der Waals surface area contributed by atoms with Gasteiger partial charge in [-0.05, 0) is 143 Å². The molecule has 0 aliphatic carbocycles. The van der Waals surface area contributed by atoms with Gasteiger partial charge in [0.2, 0.25) is 0 Å². The minimum Gasteiger partial charge on any atom is -0.310 e. The number of anilines is 6. The Bertz CT molecular complexity index is 3530. The summed E-state index contributed by atoms with van der Waals surface area (Å²) in [4.78, 5) is 4.94. The van der Waals surface area contributed by atoms with Gasteiger partial charge in [-0.2, -0.15) is 0 Å². The van der Waals surface area contributed by atoms with Crippen LogP contribution in [0.4, 0.5) is 34.1 Å². The maximum Gasteiger partial charge on any atom is 0.0497 e. The van der Waals surface area contributed by atoms with Gasteiger partial charge in [0, 0.05) is 47.0 Å². The highest BCUT2D eigenvalue weighted by molar-refractivity contribution is 6.23. The first kappa shape index (κ1) is 36.5. The molecule has 0 saturated carbocycles. The van der Waals surface area contributed by atoms with Crippen LogP contribution in [0, 0.1) is 0 Å². The highest BCUT2D eigenvalue weighted by atomic mass is 15.2. The van der Waals surface area contributed by atoms with E-state index in [1.165, 1.54) is 111 Å². The third-order valence-corrected chi connectivity index (χ3v) is 13.6. The molecule has 0 saturated heterocycles. The smallest absolute Gasteiger partial charge is 0.0497 e. The minimum absolute atomic E-state index is 0.919. The van der Waals surface area contributed by atoms with Crippen LogP contribution in [0.1, 0.15) is 22.3 Å². The highest BCUT2D eigenvalue weighted by Gasteiger charge is 2.27. The number of fused-ring (bicyclic) bond motifs is 7. The van der Waals surface area contributed by atoms with Gasteiger partial charge in [-0.25, -0.2) is 0 Å². The van der Waals surface area contributed by atoms with Gasteiger partial charge in [-0.15, -0.1) is 0 Å². The van der Waals surface area contributed by atoms with E-state index in [2.05, 4.69) is 240 Å². The lowest BCUT2D eigenvalue weighted by atomic mass is 9.84. The lowest BCUT2D eigenvalue weighted by Gasteiger charge is -2.34. The number of nitrogens with zero attached hydrogens (tertiary/aromatic N) is 2. The van der Waals surface area contributed by atoms with Crippen LogP contribution in [0.5, 0.6) is 0 Å². The first-order valence-corrected chi connectivity index (χ1v) is 22.3. The summed E-state index contributed by atoms with van der Waals surface area (Å²) in [5.41, 5.74) is 19.9. The van der Waals surface area contributed by atoms with Crippen molar-refractivity contribution in [1.29, 1.82) is 0 Å². The maximum absolute atomic E-state index is 2.47. The summed E-state index contributed by atoms with van der Waals surface area (Å²) in [5, 5.41) is 7.41. The Hall–Kier alpha value is -8.20. The van der Waals surface area contributed by atoms with Crippen LogP contribution in [-0.4, -0.2) is 0 Å². The summed E-state index contributed by atoms with van der Waals surface area (Å²) < 4.78 is 0. The molecule has 2 aliphatic heterocycles. The molecule has 2 heteroatoms. The monoisotopic (exact) mass is 814 g/mol. The molecule has 0 radical (unpaired) electrons. The fourth-order valence-electron chi connectivity index (χ4n) is 10.6.